The molecule has 0 aliphatic carbocycles. The first kappa shape index (κ1) is 25.1. The molecule has 1 aliphatic rings. The lowest BCUT2D eigenvalue weighted by atomic mass is 10.4. The van der Waals surface area contributed by atoms with Gasteiger partial charge in [-0.1, -0.05) is 5.16 Å². The highest BCUT2D eigenvalue weighted by atomic mass is 127. The third-order valence-corrected chi connectivity index (χ3v) is 6.31. The quantitative estimate of drug-likeness (QED) is 0.270. The zero-order valence-corrected chi connectivity index (χ0v) is 20.3. The minimum atomic E-state index is -3.47. The largest absolute Gasteiger partial charge is 0.467 e. The van der Waals surface area contributed by atoms with Crippen LogP contribution >= 0.6 is 24.0 Å². The van der Waals surface area contributed by atoms with Crippen LogP contribution in [0.15, 0.2) is 44.7 Å². The van der Waals surface area contributed by atoms with Crippen LogP contribution in [0.2, 0.25) is 0 Å². The number of nitrogens with zero attached hydrogens (tertiary/aromatic N) is 4. The molecule has 2 aromatic rings. The maximum Gasteiger partial charge on any atom is 0.242 e. The molecule has 3 heterocycles. The summed E-state index contributed by atoms with van der Waals surface area (Å²) in [5.74, 6) is 0.838. The molecule has 0 atom stereocenters. The second-order valence-electron chi connectivity index (χ2n) is 6.66. The minimum absolute atomic E-state index is 0. The van der Waals surface area contributed by atoms with Crippen molar-refractivity contribution in [3.63, 3.8) is 0 Å². The van der Waals surface area contributed by atoms with Crippen molar-refractivity contribution in [2.45, 2.75) is 19.2 Å². The number of guanidine groups is 1. The van der Waals surface area contributed by atoms with E-state index in [1.807, 2.05) is 11.8 Å². The molecule has 31 heavy (non-hydrogen) atoms. The number of aliphatic imine (C=N–C) groups is 1. The second-order valence-corrected chi connectivity index (χ2v) is 8.63. The van der Waals surface area contributed by atoms with Crippen molar-refractivity contribution in [2.75, 3.05) is 39.3 Å². The molecule has 0 aromatic carbocycles. The summed E-state index contributed by atoms with van der Waals surface area (Å²) in [5.41, 5.74) is 0.382. The molecule has 2 N–H and O–H groups in total. The molecule has 172 valence electrons. The number of furan rings is 1. The van der Waals surface area contributed by atoms with E-state index in [0.717, 1.165) is 0 Å². The number of rotatable bonds is 8. The number of carbonyl (C=O) groups is 1. The van der Waals surface area contributed by atoms with E-state index in [1.165, 1.54) is 10.6 Å². The molecule has 0 saturated carbocycles. The van der Waals surface area contributed by atoms with E-state index in [1.54, 1.807) is 24.5 Å². The lowest BCUT2D eigenvalue weighted by Crippen LogP contribution is -2.54. The predicted molar refractivity (Wildman–Crippen MR) is 124 cm³/mol. The molecular formula is C18H27IN6O5S. The Kier molecular flexibility index (Phi) is 9.77. The van der Waals surface area contributed by atoms with E-state index in [9.17, 15) is 13.2 Å². The van der Waals surface area contributed by atoms with Crippen LogP contribution < -0.4 is 10.6 Å². The van der Waals surface area contributed by atoms with Crippen LogP contribution in [-0.4, -0.2) is 73.9 Å². The number of piperazine rings is 1. The average molecular weight is 566 g/mol. The zero-order chi connectivity index (χ0) is 21.4. The van der Waals surface area contributed by atoms with Gasteiger partial charge in [0.15, 0.2) is 5.96 Å². The SMILES string of the molecule is CCNC(=NCC(=O)NCc1ccco1)N1CCN(S(=O)(=O)Cc2ccon2)CC1.I. The van der Waals surface area contributed by atoms with Crippen molar-refractivity contribution < 1.29 is 22.2 Å². The molecule has 11 nitrogen and oxygen atoms in total. The Bertz CT molecular complexity index is 925. The summed E-state index contributed by atoms with van der Waals surface area (Å²) in [6.45, 7) is 4.44. The smallest absolute Gasteiger partial charge is 0.242 e. The molecular weight excluding hydrogens is 539 g/mol. The molecule has 1 amide bonds. The van der Waals surface area contributed by atoms with Gasteiger partial charge in [-0.2, -0.15) is 4.31 Å². The van der Waals surface area contributed by atoms with Crippen molar-refractivity contribution in [1.82, 2.24) is 25.0 Å². The van der Waals surface area contributed by atoms with E-state index < -0.39 is 10.0 Å². The summed E-state index contributed by atoms with van der Waals surface area (Å²) in [7, 11) is -3.47. The highest BCUT2D eigenvalue weighted by Crippen LogP contribution is 2.13. The van der Waals surface area contributed by atoms with E-state index in [2.05, 4.69) is 20.8 Å². The Morgan fingerprint density at radius 1 is 1.19 bits per heavy atom. The summed E-state index contributed by atoms with van der Waals surface area (Å²) in [5, 5.41) is 9.57. The normalized spacial score (nSPS) is 15.4. The first-order chi connectivity index (χ1) is 14.5. The van der Waals surface area contributed by atoms with Crippen LogP contribution in [0.5, 0.6) is 0 Å². The number of nitrogens with one attached hydrogen (secondary N) is 2. The van der Waals surface area contributed by atoms with E-state index in [-0.39, 0.29) is 42.2 Å². The van der Waals surface area contributed by atoms with Crippen LogP contribution in [0.4, 0.5) is 0 Å². The van der Waals surface area contributed by atoms with Gasteiger partial charge < -0.3 is 24.5 Å². The van der Waals surface area contributed by atoms with Crippen LogP contribution in [0, 0.1) is 0 Å². The average Bonchev–Trinajstić information content (AvgIpc) is 3.43. The molecule has 0 spiro atoms. The van der Waals surface area contributed by atoms with Crippen LogP contribution in [0.1, 0.15) is 18.4 Å². The monoisotopic (exact) mass is 566 g/mol. The van der Waals surface area contributed by atoms with Crippen LogP contribution in [0.25, 0.3) is 0 Å². The van der Waals surface area contributed by atoms with Gasteiger partial charge in [0.2, 0.25) is 15.9 Å². The number of sulfonamides is 1. The molecule has 0 bridgehead atoms. The number of halogens is 1. The van der Waals surface area contributed by atoms with E-state index in [0.29, 0.717) is 56.7 Å². The summed E-state index contributed by atoms with van der Waals surface area (Å²) in [6, 6.07) is 5.08. The summed E-state index contributed by atoms with van der Waals surface area (Å²) in [4.78, 5) is 18.4. The maximum atomic E-state index is 12.6. The Balaban J connectivity index is 0.00000341. The topological polar surface area (TPSA) is 133 Å². The van der Waals surface area contributed by atoms with Crippen molar-refractivity contribution in [3.05, 3.63) is 42.2 Å². The van der Waals surface area contributed by atoms with Gasteiger partial charge in [0.25, 0.3) is 0 Å². The van der Waals surface area contributed by atoms with Gasteiger partial charge in [0, 0.05) is 38.8 Å². The zero-order valence-electron chi connectivity index (χ0n) is 17.2. The molecule has 1 aliphatic heterocycles. The van der Waals surface area contributed by atoms with Gasteiger partial charge in [-0.3, -0.25) is 4.79 Å². The maximum absolute atomic E-state index is 12.6. The summed E-state index contributed by atoms with van der Waals surface area (Å²) in [6.07, 6.45) is 2.90. The Morgan fingerprint density at radius 3 is 2.58 bits per heavy atom. The molecule has 2 aromatic heterocycles. The summed E-state index contributed by atoms with van der Waals surface area (Å²) >= 11 is 0. The third kappa shape index (κ3) is 7.50. The first-order valence-electron chi connectivity index (χ1n) is 9.67. The predicted octanol–water partition coefficient (Wildman–Crippen LogP) is 0.615. The highest BCUT2D eigenvalue weighted by Gasteiger charge is 2.29. The number of hydrogen-bond donors (Lipinski definition) is 2. The van der Waals surface area contributed by atoms with Gasteiger partial charge in [-0.05, 0) is 19.1 Å². The number of amides is 1. The number of aromatic nitrogens is 1. The summed E-state index contributed by atoms with van der Waals surface area (Å²) < 4.78 is 36.4. The van der Waals surface area contributed by atoms with Crippen molar-refractivity contribution in [1.29, 1.82) is 0 Å². The molecule has 0 unspecified atom stereocenters. The van der Waals surface area contributed by atoms with Crippen molar-refractivity contribution in [3.8, 4) is 0 Å². The molecule has 0 radical (unpaired) electrons. The van der Waals surface area contributed by atoms with E-state index >= 15 is 0 Å². The van der Waals surface area contributed by atoms with Crippen LogP contribution in [0.3, 0.4) is 0 Å². The lowest BCUT2D eigenvalue weighted by molar-refractivity contribution is -0.119. The fourth-order valence-corrected chi connectivity index (χ4v) is 4.42. The minimum Gasteiger partial charge on any atom is -0.467 e. The Morgan fingerprint density at radius 2 is 1.97 bits per heavy atom. The number of hydrogen-bond acceptors (Lipinski definition) is 7. The van der Waals surface area contributed by atoms with Crippen LogP contribution in [-0.2, 0) is 27.1 Å². The molecule has 3 rings (SSSR count). The number of carbonyl (C=O) groups excluding carboxylic acids is 1. The first-order valence-corrected chi connectivity index (χ1v) is 11.3. The van der Waals surface area contributed by atoms with Gasteiger partial charge in [-0.15, -0.1) is 24.0 Å². The molecule has 1 fully saturated rings. The fourth-order valence-electron chi connectivity index (χ4n) is 3.00. The van der Waals surface area contributed by atoms with Crippen molar-refractivity contribution in [2.24, 2.45) is 4.99 Å². The molecule has 13 heteroatoms. The lowest BCUT2D eigenvalue weighted by Gasteiger charge is -2.35. The fraction of sp³-hybridized carbons (Fsp3) is 0.500. The Labute approximate surface area is 198 Å². The Hall–Kier alpha value is -2.13. The third-order valence-electron chi connectivity index (χ3n) is 4.50. The second kappa shape index (κ2) is 12.0. The highest BCUT2D eigenvalue weighted by molar-refractivity contribution is 14.0. The van der Waals surface area contributed by atoms with Gasteiger partial charge in [0.05, 0.1) is 18.5 Å². The standard InChI is InChI=1S/C18H26N6O5S.HI/c1-2-19-18(21-13-17(25)20-12-16-4-3-10-28-16)23-6-8-24(9-7-23)30(26,27)14-15-5-11-29-22-15;/h3-5,10-11H,2,6-9,12-14H2,1H3,(H,19,21)(H,20,25);1H. The van der Waals surface area contributed by atoms with Crippen molar-refractivity contribution >= 4 is 45.9 Å². The van der Waals surface area contributed by atoms with Gasteiger partial charge in [0.1, 0.15) is 24.3 Å². The molecule has 1 saturated heterocycles. The van der Waals surface area contributed by atoms with E-state index in [4.69, 9.17) is 8.94 Å². The van der Waals surface area contributed by atoms with Gasteiger partial charge in [-0.25, -0.2) is 13.4 Å². The van der Waals surface area contributed by atoms with Gasteiger partial charge >= 0.3 is 0 Å².